The Morgan fingerprint density at radius 2 is 2.05 bits per heavy atom. The van der Waals surface area contributed by atoms with Gasteiger partial charge in [0, 0.05) is 9.92 Å². The van der Waals surface area contributed by atoms with E-state index >= 15 is 0 Å². The van der Waals surface area contributed by atoms with Crippen LogP contribution in [0.1, 0.15) is 0 Å². The molecule has 19 heavy (non-hydrogen) atoms. The van der Waals surface area contributed by atoms with Gasteiger partial charge in [0.15, 0.2) is 6.04 Å². The Hall–Kier alpha value is -1.24. The summed E-state index contributed by atoms with van der Waals surface area (Å²) in [5.41, 5.74) is 0. The molecular formula is C12H14ClNO4S. The molecule has 0 saturated heterocycles. The Morgan fingerprint density at radius 1 is 1.42 bits per heavy atom. The number of hydrogen-bond donors (Lipinski definition) is 2. The Balaban J connectivity index is 2.42. The third-order valence-corrected chi connectivity index (χ3v) is 3.45. The van der Waals surface area contributed by atoms with Gasteiger partial charge in [0.05, 0.1) is 19.5 Å². The maximum atomic E-state index is 11.6. The van der Waals surface area contributed by atoms with Gasteiger partial charge in [-0.05, 0) is 24.3 Å². The molecule has 0 fully saturated rings. The Kier molecular flexibility index (Phi) is 6.69. The van der Waals surface area contributed by atoms with Crippen molar-refractivity contribution in [1.82, 2.24) is 5.32 Å². The van der Waals surface area contributed by atoms with E-state index in [9.17, 15) is 9.59 Å². The van der Waals surface area contributed by atoms with E-state index in [4.69, 9.17) is 16.7 Å². The molecule has 5 nitrogen and oxygen atoms in total. The quantitative estimate of drug-likeness (QED) is 0.607. The molecule has 0 radical (unpaired) electrons. The molecule has 2 N–H and O–H groups in total. The molecule has 1 unspecified atom stereocenters. The summed E-state index contributed by atoms with van der Waals surface area (Å²) in [5, 5.41) is 12.0. The van der Waals surface area contributed by atoms with Crippen LogP contribution in [0, 0.1) is 0 Å². The molecule has 0 saturated carbocycles. The summed E-state index contributed by atoms with van der Waals surface area (Å²) in [4.78, 5) is 23.7. The van der Waals surface area contributed by atoms with E-state index in [2.05, 4.69) is 10.1 Å². The number of ether oxygens (including phenoxy) is 1. The standard InChI is InChI=1S/C12H14ClNO4S/c1-18-12(17)10(6-15)14-11(16)7-19-9-4-2-8(13)3-5-9/h2-5,10,15H,6-7H2,1H3,(H,14,16). The number of nitrogens with one attached hydrogen (secondary N) is 1. The van der Waals surface area contributed by atoms with Crippen LogP contribution in [-0.2, 0) is 14.3 Å². The number of methoxy groups -OCH3 is 1. The summed E-state index contributed by atoms with van der Waals surface area (Å²) in [5.74, 6) is -0.897. The second-order valence-electron chi connectivity index (χ2n) is 3.57. The minimum absolute atomic E-state index is 0.134. The molecule has 0 bridgehead atoms. The third-order valence-electron chi connectivity index (χ3n) is 2.19. The fraction of sp³-hybridized carbons (Fsp3) is 0.333. The number of aliphatic hydroxyl groups is 1. The molecule has 1 aromatic carbocycles. The monoisotopic (exact) mass is 303 g/mol. The minimum atomic E-state index is -1.02. The van der Waals surface area contributed by atoms with Crippen molar-refractivity contribution in [3.8, 4) is 0 Å². The molecule has 1 rings (SSSR count). The van der Waals surface area contributed by atoms with Gasteiger partial charge in [-0.2, -0.15) is 0 Å². The number of thioether (sulfide) groups is 1. The van der Waals surface area contributed by atoms with Crippen molar-refractivity contribution < 1.29 is 19.4 Å². The van der Waals surface area contributed by atoms with Crippen LogP contribution in [0.15, 0.2) is 29.2 Å². The number of hydrogen-bond acceptors (Lipinski definition) is 5. The number of rotatable bonds is 6. The van der Waals surface area contributed by atoms with Gasteiger partial charge in [0.25, 0.3) is 0 Å². The average Bonchev–Trinajstić information content (AvgIpc) is 2.43. The molecule has 0 aliphatic carbocycles. The van der Waals surface area contributed by atoms with Gasteiger partial charge in [-0.3, -0.25) is 4.79 Å². The molecule has 104 valence electrons. The Morgan fingerprint density at radius 3 is 2.58 bits per heavy atom. The van der Waals surface area contributed by atoms with Crippen molar-refractivity contribution in [3.05, 3.63) is 29.3 Å². The summed E-state index contributed by atoms with van der Waals surface area (Å²) in [7, 11) is 1.19. The first-order chi connectivity index (χ1) is 9.06. The average molecular weight is 304 g/mol. The first kappa shape index (κ1) is 15.8. The van der Waals surface area contributed by atoms with E-state index in [0.717, 1.165) is 4.90 Å². The molecule has 0 aliphatic rings. The van der Waals surface area contributed by atoms with Crippen molar-refractivity contribution in [1.29, 1.82) is 0 Å². The van der Waals surface area contributed by atoms with Crippen LogP contribution in [0.4, 0.5) is 0 Å². The fourth-order valence-corrected chi connectivity index (χ4v) is 2.07. The van der Waals surface area contributed by atoms with Gasteiger partial charge >= 0.3 is 5.97 Å². The number of amides is 1. The second-order valence-corrected chi connectivity index (χ2v) is 5.05. The van der Waals surface area contributed by atoms with E-state index in [1.807, 2.05) is 0 Å². The van der Waals surface area contributed by atoms with Crippen molar-refractivity contribution in [2.75, 3.05) is 19.5 Å². The normalized spacial score (nSPS) is 11.7. The van der Waals surface area contributed by atoms with Crippen LogP contribution < -0.4 is 5.32 Å². The highest BCUT2D eigenvalue weighted by atomic mass is 35.5. The molecule has 0 spiro atoms. The Labute approximate surface area is 120 Å². The number of halogens is 1. The molecule has 0 heterocycles. The van der Waals surface area contributed by atoms with Gasteiger partial charge in [-0.25, -0.2) is 4.79 Å². The smallest absolute Gasteiger partial charge is 0.330 e. The molecular weight excluding hydrogens is 290 g/mol. The predicted octanol–water partition coefficient (Wildman–Crippen LogP) is 1.08. The SMILES string of the molecule is COC(=O)C(CO)NC(=O)CSc1ccc(Cl)cc1. The van der Waals surface area contributed by atoms with Crippen LogP contribution in [0.25, 0.3) is 0 Å². The molecule has 0 aliphatic heterocycles. The maximum Gasteiger partial charge on any atom is 0.330 e. The van der Waals surface area contributed by atoms with Crippen LogP contribution in [0.5, 0.6) is 0 Å². The first-order valence-electron chi connectivity index (χ1n) is 5.43. The van der Waals surface area contributed by atoms with Gasteiger partial charge in [-0.1, -0.05) is 11.6 Å². The fourth-order valence-electron chi connectivity index (χ4n) is 1.24. The zero-order valence-corrected chi connectivity index (χ0v) is 11.8. The maximum absolute atomic E-state index is 11.6. The lowest BCUT2D eigenvalue weighted by molar-refractivity contribution is -0.145. The molecule has 0 aromatic heterocycles. The van der Waals surface area contributed by atoms with Crippen LogP contribution in [-0.4, -0.2) is 42.5 Å². The summed E-state index contributed by atoms with van der Waals surface area (Å²) >= 11 is 7.05. The topological polar surface area (TPSA) is 75.6 Å². The van der Waals surface area contributed by atoms with E-state index in [1.54, 1.807) is 24.3 Å². The van der Waals surface area contributed by atoms with Gasteiger partial charge in [-0.15, -0.1) is 11.8 Å². The van der Waals surface area contributed by atoms with E-state index in [1.165, 1.54) is 18.9 Å². The molecule has 7 heteroatoms. The Bertz CT molecular complexity index is 438. The highest BCUT2D eigenvalue weighted by Crippen LogP contribution is 2.19. The molecule has 1 atom stereocenters. The molecule has 1 aromatic rings. The number of esters is 1. The zero-order chi connectivity index (χ0) is 14.3. The van der Waals surface area contributed by atoms with Gasteiger partial charge < -0.3 is 15.2 Å². The highest BCUT2D eigenvalue weighted by Gasteiger charge is 2.20. The van der Waals surface area contributed by atoms with Crippen molar-refractivity contribution in [3.63, 3.8) is 0 Å². The first-order valence-corrected chi connectivity index (χ1v) is 6.79. The van der Waals surface area contributed by atoms with E-state index < -0.39 is 18.6 Å². The van der Waals surface area contributed by atoms with Crippen molar-refractivity contribution in [2.45, 2.75) is 10.9 Å². The zero-order valence-electron chi connectivity index (χ0n) is 10.3. The van der Waals surface area contributed by atoms with Crippen LogP contribution in [0.2, 0.25) is 5.02 Å². The van der Waals surface area contributed by atoms with Gasteiger partial charge in [0.2, 0.25) is 5.91 Å². The lowest BCUT2D eigenvalue weighted by Gasteiger charge is -2.13. The number of benzene rings is 1. The largest absolute Gasteiger partial charge is 0.467 e. The highest BCUT2D eigenvalue weighted by molar-refractivity contribution is 8.00. The lowest BCUT2D eigenvalue weighted by Crippen LogP contribution is -2.44. The van der Waals surface area contributed by atoms with Crippen molar-refractivity contribution >= 4 is 35.2 Å². The van der Waals surface area contributed by atoms with Crippen LogP contribution >= 0.6 is 23.4 Å². The lowest BCUT2D eigenvalue weighted by atomic mass is 10.3. The summed E-state index contributed by atoms with van der Waals surface area (Å²) in [6, 6.07) is 6.02. The summed E-state index contributed by atoms with van der Waals surface area (Å²) in [6.07, 6.45) is 0. The number of aliphatic hydroxyl groups excluding tert-OH is 1. The summed E-state index contributed by atoms with van der Waals surface area (Å²) < 4.78 is 4.44. The molecule has 1 amide bonds. The number of carbonyl (C=O) groups excluding carboxylic acids is 2. The minimum Gasteiger partial charge on any atom is -0.467 e. The summed E-state index contributed by atoms with van der Waals surface area (Å²) in [6.45, 7) is -0.496. The number of carbonyl (C=O) groups is 2. The van der Waals surface area contributed by atoms with Gasteiger partial charge in [0.1, 0.15) is 0 Å². The second kappa shape index (κ2) is 8.04. The predicted molar refractivity (Wildman–Crippen MR) is 73.2 cm³/mol. The van der Waals surface area contributed by atoms with Crippen molar-refractivity contribution in [2.24, 2.45) is 0 Å². The third kappa shape index (κ3) is 5.50. The van der Waals surface area contributed by atoms with E-state index in [0.29, 0.717) is 5.02 Å². The van der Waals surface area contributed by atoms with E-state index in [-0.39, 0.29) is 11.7 Å². The van der Waals surface area contributed by atoms with Crippen LogP contribution in [0.3, 0.4) is 0 Å².